The largest absolute Gasteiger partial charge is 0.418 e. The van der Waals surface area contributed by atoms with Crippen molar-refractivity contribution in [2.45, 2.75) is 124 Å². The zero-order valence-electron chi connectivity index (χ0n) is 33.6. The Morgan fingerprint density at radius 3 is 2.21 bits per heavy atom. The van der Waals surface area contributed by atoms with Crippen LogP contribution in [0, 0.1) is 29.5 Å². The van der Waals surface area contributed by atoms with Crippen molar-refractivity contribution in [1.82, 2.24) is 35.8 Å². The number of carbonyl (C=O) groups is 4. The van der Waals surface area contributed by atoms with Crippen LogP contribution in [0.5, 0.6) is 0 Å². The minimum atomic E-state index is -4.64. The van der Waals surface area contributed by atoms with Gasteiger partial charge in [-0.05, 0) is 73.9 Å². The molecule has 0 aliphatic heterocycles. The number of hydrogen-bond acceptors (Lipinski definition) is 7. The average Bonchev–Trinajstić information content (AvgIpc) is 3.80. The van der Waals surface area contributed by atoms with Crippen LogP contribution in [0.4, 0.5) is 17.6 Å². The van der Waals surface area contributed by atoms with E-state index in [2.05, 4.69) is 31.0 Å². The van der Waals surface area contributed by atoms with Gasteiger partial charge in [0.25, 0.3) is 0 Å². The number of aromatic nitrogens is 5. The molecule has 11 nitrogen and oxygen atoms in total. The van der Waals surface area contributed by atoms with Gasteiger partial charge in [-0.25, -0.2) is 4.39 Å². The van der Waals surface area contributed by atoms with Crippen LogP contribution in [-0.4, -0.2) is 54.1 Å². The number of benzene rings is 2. The molecule has 0 fully saturated rings. The summed E-state index contributed by atoms with van der Waals surface area (Å²) in [5, 5.41) is 18.6. The highest BCUT2D eigenvalue weighted by molar-refractivity contribution is 5.99. The van der Waals surface area contributed by atoms with Gasteiger partial charge in [-0.1, -0.05) is 70.9 Å². The van der Waals surface area contributed by atoms with E-state index >= 15 is 0 Å². The van der Waals surface area contributed by atoms with Gasteiger partial charge < -0.3 is 15.6 Å². The van der Waals surface area contributed by atoms with Crippen LogP contribution in [0.25, 0.3) is 10.9 Å². The third kappa shape index (κ3) is 9.78. The number of rotatable bonds is 16. The molecule has 2 unspecified atom stereocenters. The second-order valence-electron chi connectivity index (χ2n) is 16.6. The Balaban J connectivity index is 1.48. The number of nitrogens with one attached hydrogen (secondary N) is 3. The van der Waals surface area contributed by atoms with Crippen LogP contribution in [0.3, 0.4) is 0 Å². The number of alkyl halides is 3. The number of aryl methyl sites for hydroxylation is 1. The van der Waals surface area contributed by atoms with Crippen LogP contribution in [0.15, 0.2) is 42.5 Å². The molecule has 0 saturated heterocycles. The zero-order valence-corrected chi connectivity index (χ0v) is 33.6. The quantitative estimate of drug-likeness (QED) is 0.101. The molecule has 57 heavy (non-hydrogen) atoms. The van der Waals surface area contributed by atoms with Gasteiger partial charge in [0.15, 0.2) is 11.6 Å². The molecule has 308 valence electrons. The summed E-state index contributed by atoms with van der Waals surface area (Å²) >= 11 is 0. The number of halogens is 4. The number of ketones is 2. The monoisotopic (exact) mass is 795 g/mol. The van der Waals surface area contributed by atoms with E-state index in [1.807, 2.05) is 48.5 Å². The van der Waals surface area contributed by atoms with Gasteiger partial charge in [-0.3, -0.25) is 19.2 Å². The van der Waals surface area contributed by atoms with Crippen molar-refractivity contribution < 1.29 is 36.7 Å². The molecule has 0 radical (unpaired) electrons. The lowest BCUT2D eigenvalue weighted by molar-refractivity contribution is -0.139. The molecule has 4 aromatic rings. The Kier molecular flexibility index (Phi) is 13.1. The number of H-pyrrole nitrogens is 1. The first kappa shape index (κ1) is 43.2. The van der Waals surface area contributed by atoms with Crippen molar-refractivity contribution in [3.8, 4) is 0 Å². The molecule has 0 bridgehead atoms. The van der Waals surface area contributed by atoms with Crippen molar-refractivity contribution in [1.29, 1.82) is 0 Å². The predicted molar refractivity (Wildman–Crippen MR) is 206 cm³/mol. The average molecular weight is 796 g/mol. The second-order valence-corrected chi connectivity index (χ2v) is 16.6. The van der Waals surface area contributed by atoms with Gasteiger partial charge in [-0.15, -0.1) is 10.2 Å². The highest BCUT2D eigenvalue weighted by atomic mass is 19.4. The molecule has 5 rings (SSSR count). The number of nitrogens with zero attached hydrogens (tertiary/aromatic N) is 4. The Labute approximate surface area is 330 Å². The van der Waals surface area contributed by atoms with E-state index in [9.17, 15) is 36.7 Å². The number of hydrogen-bond donors (Lipinski definition) is 3. The minimum Gasteiger partial charge on any atom is -0.358 e. The maximum absolute atomic E-state index is 14.9. The van der Waals surface area contributed by atoms with Crippen LogP contribution in [-0.2, 0) is 56.7 Å². The molecule has 3 N–H and O–H groups in total. The molecule has 2 aromatic carbocycles. The fraction of sp³-hybridized carbons (Fsp3) is 0.548. The topological polar surface area (TPSA) is 152 Å². The lowest BCUT2D eigenvalue weighted by atomic mass is 9.72. The van der Waals surface area contributed by atoms with Gasteiger partial charge in [-0.2, -0.15) is 18.0 Å². The number of fused-ring (bicyclic) bond motifs is 3. The summed E-state index contributed by atoms with van der Waals surface area (Å²) < 4.78 is 56.8. The second kappa shape index (κ2) is 17.3. The first-order valence-corrected chi connectivity index (χ1v) is 19.6. The van der Waals surface area contributed by atoms with Gasteiger partial charge in [0.05, 0.1) is 23.2 Å². The summed E-state index contributed by atoms with van der Waals surface area (Å²) in [5.41, 5.74) is -1.77. The normalized spacial score (nSPS) is 18.0. The number of aromatic amines is 1. The molecule has 5 atom stereocenters. The predicted octanol–water partition coefficient (Wildman–Crippen LogP) is 7.21. The SMILES string of the molecule is CCC(C)[C@H](CC(=O)[C@@]1(NC(=O)[C@@H](CC(=O)Cc2ccccc2F)C(C)CC)CCc2[nH]c3c(C(F)(F)F)cccc3c2C1)C(=O)NCc1nnn(C(C)(C)C)n1. The van der Waals surface area contributed by atoms with Crippen molar-refractivity contribution in [2.24, 2.45) is 23.7 Å². The summed E-state index contributed by atoms with van der Waals surface area (Å²) in [6, 6.07) is 9.79. The lowest BCUT2D eigenvalue weighted by Crippen LogP contribution is -2.60. The van der Waals surface area contributed by atoms with E-state index in [0.717, 1.165) is 6.07 Å². The summed E-state index contributed by atoms with van der Waals surface area (Å²) in [5.74, 6) is -4.32. The Bertz CT molecular complexity index is 2100. The van der Waals surface area contributed by atoms with Crippen molar-refractivity contribution in [2.75, 3.05) is 0 Å². The fourth-order valence-electron chi connectivity index (χ4n) is 7.59. The van der Waals surface area contributed by atoms with Crippen LogP contribution in [0.2, 0.25) is 0 Å². The van der Waals surface area contributed by atoms with E-state index in [0.29, 0.717) is 24.1 Å². The Morgan fingerprint density at radius 1 is 0.930 bits per heavy atom. The molecular weight excluding hydrogens is 742 g/mol. The molecule has 2 aromatic heterocycles. The number of amides is 2. The highest BCUT2D eigenvalue weighted by Gasteiger charge is 2.47. The van der Waals surface area contributed by atoms with E-state index in [-0.39, 0.29) is 85.0 Å². The van der Waals surface area contributed by atoms with E-state index in [1.54, 1.807) is 12.1 Å². The van der Waals surface area contributed by atoms with Crippen LogP contribution >= 0.6 is 0 Å². The van der Waals surface area contributed by atoms with Crippen molar-refractivity contribution in [3.05, 3.63) is 76.5 Å². The minimum absolute atomic E-state index is 0.0321. The summed E-state index contributed by atoms with van der Waals surface area (Å²) in [6.07, 6.45) is -4.20. The smallest absolute Gasteiger partial charge is 0.358 e. The zero-order chi connectivity index (χ0) is 41.9. The van der Waals surface area contributed by atoms with Crippen LogP contribution in [0.1, 0.15) is 109 Å². The molecule has 15 heteroatoms. The fourth-order valence-corrected chi connectivity index (χ4v) is 7.59. The number of Topliss-reactive ketones (excluding diaryl/α,β-unsaturated/α-hetero) is 2. The third-order valence-corrected chi connectivity index (χ3v) is 11.5. The molecule has 0 saturated carbocycles. The number of tetrazole rings is 1. The molecular formula is C42H53F4N7O4. The van der Waals surface area contributed by atoms with Gasteiger partial charge >= 0.3 is 6.18 Å². The summed E-state index contributed by atoms with van der Waals surface area (Å²) in [4.78, 5) is 61.0. The van der Waals surface area contributed by atoms with Gasteiger partial charge in [0.2, 0.25) is 11.8 Å². The van der Waals surface area contributed by atoms with Gasteiger partial charge in [0, 0.05) is 48.6 Å². The molecule has 2 heterocycles. The third-order valence-electron chi connectivity index (χ3n) is 11.5. The van der Waals surface area contributed by atoms with Crippen LogP contribution < -0.4 is 10.6 Å². The molecule has 1 aliphatic carbocycles. The molecule has 0 spiro atoms. The Morgan fingerprint density at radius 2 is 1.60 bits per heavy atom. The number of carbonyl (C=O) groups excluding carboxylic acids is 4. The lowest BCUT2D eigenvalue weighted by Gasteiger charge is -2.39. The van der Waals surface area contributed by atoms with Crippen molar-refractivity contribution >= 4 is 34.3 Å². The standard InChI is InChI=1S/C42H53F4N7O4/c1-8-24(3)29(20-27(54)19-26-13-10-11-16-33(26)43)39(57)49-41(18-17-34-31(22-41)28-14-12-15-32(37(28)48-34)42(44,45)46)35(55)21-30(25(4)9-2)38(56)47-23-36-50-52-53(51-36)40(5,6)7/h10-16,24-25,29-30,48H,8-9,17-23H2,1-7H3,(H,47,56)(H,49,57)/t24?,25?,29-,30-,41+/m0/s1. The Hall–Kier alpha value is -4.95. The summed E-state index contributed by atoms with van der Waals surface area (Å²) in [7, 11) is 0. The van der Waals surface area contributed by atoms with E-state index < -0.39 is 58.1 Å². The van der Waals surface area contributed by atoms with E-state index in [1.165, 1.54) is 29.1 Å². The van der Waals surface area contributed by atoms with E-state index in [4.69, 9.17) is 0 Å². The first-order chi connectivity index (χ1) is 26.8. The molecule has 1 aliphatic rings. The maximum Gasteiger partial charge on any atom is 0.418 e. The highest BCUT2D eigenvalue weighted by Crippen LogP contribution is 2.41. The first-order valence-electron chi connectivity index (χ1n) is 19.6. The number of para-hydroxylation sites is 1. The maximum atomic E-state index is 14.9. The summed E-state index contributed by atoms with van der Waals surface area (Å²) in [6.45, 7) is 13.1. The van der Waals surface area contributed by atoms with Gasteiger partial charge in [0.1, 0.15) is 17.1 Å². The molecule has 2 amide bonds. The van der Waals surface area contributed by atoms with Crippen molar-refractivity contribution in [3.63, 3.8) is 0 Å².